The van der Waals surface area contributed by atoms with E-state index in [0.717, 1.165) is 5.69 Å². The largest absolute Gasteiger partial charge is 0.283 e. The average molecular weight is 351 g/mol. The molecule has 6 heteroatoms. The minimum absolute atomic E-state index is 0.0652. The van der Waals surface area contributed by atoms with Crippen molar-refractivity contribution in [2.75, 3.05) is 0 Å². The van der Waals surface area contributed by atoms with Crippen LogP contribution in [0.2, 0.25) is 5.02 Å². The molecule has 0 amide bonds. The van der Waals surface area contributed by atoms with Crippen molar-refractivity contribution >= 4 is 20.8 Å². The molecular weight excluding hydrogens is 337 g/mol. The first-order chi connectivity index (χ1) is 10.9. The molecule has 1 atom stereocenters. The van der Waals surface area contributed by atoms with Crippen molar-refractivity contribution in [3.05, 3.63) is 70.9 Å². The van der Waals surface area contributed by atoms with Crippen LogP contribution in [-0.2, 0) is 5.66 Å². The molecule has 0 bridgehead atoms. The fourth-order valence-corrected chi connectivity index (χ4v) is 2.79. The normalized spacial score (nSPS) is 11.7. The van der Waals surface area contributed by atoms with Crippen LogP contribution in [0.25, 0.3) is 16.9 Å². The molecule has 0 aliphatic carbocycles. The smallest absolute Gasteiger partial charge is 0.231 e. The molecule has 1 unspecified atom stereocenters. The predicted octanol–water partition coefficient (Wildman–Crippen LogP) is 5.43. The number of para-hydroxylation sites is 1. The molecule has 3 aromatic rings. The van der Waals surface area contributed by atoms with E-state index in [1.807, 2.05) is 31.2 Å². The summed E-state index contributed by atoms with van der Waals surface area (Å²) in [7, 11) is 1.56. The monoisotopic (exact) mass is 350 g/mol. The van der Waals surface area contributed by atoms with Crippen LogP contribution >= 0.6 is 20.8 Å². The highest BCUT2D eigenvalue weighted by atomic mass is 35.5. The van der Waals surface area contributed by atoms with E-state index in [0.29, 0.717) is 22.0 Å². The molecule has 2 aromatic carbocycles. The van der Waals surface area contributed by atoms with Crippen LogP contribution in [0.4, 0.5) is 8.78 Å². The predicted molar refractivity (Wildman–Crippen MR) is 92.4 cm³/mol. The summed E-state index contributed by atoms with van der Waals surface area (Å²) in [5, 5.41) is 5.00. The second-order valence-corrected chi connectivity index (χ2v) is 6.37. The third-order valence-corrected chi connectivity index (χ3v) is 4.11. The van der Waals surface area contributed by atoms with Gasteiger partial charge in [0, 0.05) is 11.1 Å². The molecule has 0 N–H and O–H groups in total. The minimum atomic E-state index is -2.97. The maximum Gasteiger partial charge on any atom is 0.283 e. The van der Waals surface area contributed by atoms with Crippen molar-refractivity contribution < 1.29 is 8.78 Å². The summed E-state index contributed by atoms with van der Waals surface area (Å²) < 4.78 is 28.8. The fraction of sp³-hybridized carbons (Fsp3) is 0.118. The van der Waals surface area contributed by atoms with Gasteiger partial charge in [-0.25, -0.2) is 4.68 Å². The summed E-state index contributed by atoms with van der Waals surface area (Å²) in [6, 6.07) is 15.4. The molecule has 23 heavy (non-hydrogen) atoms. The molecule has 0 fully saturated rings. The zero-order valence-electron chi connectivity index (χ0n) is 12.3. The highest BCUT2D eigenvalue weighted by Crippen LogP contribution is 2.37. The van der Waals surface area contributed by atoms with Gasteiger partial charge in [0.15, 0.2) is 0 Å². The van der Waals surface area contributed by atoms with Crippen molar-refractivity contribution in [3.63, 3.8) is 0 Å². The van der Waals surface area contributed by atoms with Gasteiger partial charge in [0.2, 0.25) is 0 Å². The van der Waals surface area contributed by atoms with Gasteiger partial charge in [-0.05, 0) is 31.2 Å². The Morgan fingerprint density at radius 1 is 1.09 bits per heavy atom. The highest BCUT2D eigenvalue weighted by molar-refractivity contribution is 7.17. The lowest BCUT2D eigenvalue weighted by molar-refractivity contribution is 0.104. The number of hydrogen-bond acceptors (Lipinski definition) is 1. The van der Waals surface area contributed by atoms with Crippen LogP contribution in [0.1, 0.15) is 11.3 Å². The quantitative estimate of drug-likeness (QED) is 0.576. The Balaban J connectivity index is 2.17. The molecule has 0 spiro atoms. The van der Waals surface area contributed by atoms with E-state index in [1.165, 1.54) is 12.1 Å². The Morgan fingerprint density at radius 2 is 1.83 bits per heavy atom. The molecule has 1 heterocycles. The van der Waals surface area contributed by atoms with Gasteiger partial charge < -0.3 is 0 Å². The molecule has 118 valence electrons. The van der Waals surface area contributed by atoms with Crippen LogP contribution < -0.4 is 0 Å². The van der Waals surface area contributed by atoms with Gasteiger partial charge in [-0.1, -0.05) is 51.2 Å². The molecule has 3 rings (SSSR count). The highest BCUT2D eigenvalue weighted by Gasteiger charge is 2.25. The summed E-state index contributed by atoms with van der Waals surface area (Å²) in [4.78, 5) is 0. The van der Waals surface area contributed by atoms with Crippen LogP contribution in [0.3, 0.4) is 0 Å². The van der Waals surface area contributed by atoms with Crippen molar-refractivity contribution in [3.8, 4) is 16.9 Å². The molecule has 0 saturated carbocycles. The van der Waals surface area contributed by atoms with E-state index in [4.69, 9.17) is 11.6 Å². The Labute approximate surface area is 140 Å². The maximum absolute atomic E-state index is 13.6. The molecule has 0 aliphatic rings. The van der Waals surface area contributed by atoms with Gasteiger partial charge in [-0.3, -0.25) is 0 Å². The van der Waals surface area contributed by atoms with Gasteiger partial charge in [-0.2, -0.15) is 13.9 Å². The second-order valence-electron chi connectivity index (χ2n) is 5.24. The molecular formula is C17H14ClF2N2P. The lowest BCUT2D eigenvalue weighted by Gasteiger charge is -2.13. The molecule has 2 nitrogen and oxygen atoms in total. The Kier molecular flexibility index (Phi) is 4.22. The summed E-state index contributed by atoms with van der Waals surface area (Å²) >= 11 is 6.25. The summed E-state index contributed by atoms with van der Waals surface area (Å²) in [6.45, 7) is 1.85. The summed E-state index contributed by atoms with van der Waals surface area (Å²) in [5.41, 5.74) is -0.176. The number of aromatic nitrogens is 2. The van der Waals surface area contributed by atoms with Crippen molar-refractivity contribution in [2.24, 2.45) is 0 Å². The van der Waals surface area contributed by atoms with E-state index >= 15 is 0 Å². The molecule has 0 aliphatic heterocycles. The lowest BCUT2D eigenvalue weighted by Crippen LogP contribution is -2.04. The Morgan fingerprint density at radius 3 is 2.52 bits per heavy atom. The van der Waals surface area contributed by atoms with Gasteiger partial charge in [0.1, 0.15) is 0 Å². The Hall–Kier alpha value is -1.77. The van der Waals surface area contributed by atoms with Crippen LogP contribution in [0, 0.1) is 6.92 Å². The van der Waals surface area contributed by atoms with Gasteiger partial charge in [0.25, 0.3) is 5.66 Å². The van der Waals surface area contributed by atoms with Crippen molar-refractivity contribution in [1.29, 1.82) is 0 Å². The number of rotatable bonds is 3. The van der Waals surface area contributed by atoms with Gasteiger partial charge >= 0.3 is 0 Å². The number of aryl methyl sites for hydroxylation is 1. The number of benzene rings is 2. The van der Waals surface area contributed by atoms with E-state index in [1.54, 1.807) is 32.1 Å². The SMILES string of the molecule is Cc1cc(-c2cccc(C(F)(F)P)c2)n(-c2ccccc2Cl)n1. The van der Waals surface area contributed by atoms with Gasteiger partial charge in [-0.15, -0.1) is 0 Å². The van der Waals surface area contributed by atoms with Gasteiger partial charge in [0.05, 0.1) is 22.1 Å². The number of alkyl halides is 2. The van der Waals surface area contributed by atoms with Crippen LogP contribution in [-0.4, -0.2) is 9.78 Å². The summed E-state index contributed by atoms with van der Waals surface area (Å²) in [6.07, 6.45) is 0. The lowest BCUT2D eigenvalue weighted by atomic mass is 10.1. The standard InChI is InChI=1S/C17H14ClF2N2P/c1-11-9-16(12-5-4-6-13(10-12)17(19,20)23)22(21-11)15-8-3-2-7-14(15)18/h2-10H,23H2,1H3. The number of nitrogens with zero attached hydrogens (tertiary/aromatic N) is 2. The van der Waals surface area contributed by atoms with Crippen LogP contribution in [0.15, 0.2) is 54.6 Å². The first kappa shape index (κ1) is 16.1. The summed E-state index contributed by atoms with van der Waals surface area (Å²) in [5.74, 6) is 0. The van der Waals surface area contributed by atoms with E-state index in [2.05, 4.69) is 5.10 Å². The zero-order valence-corrected chi connectivity index (χ0v) is 14.2. The first-order valence-corrected chi connectivity index (χ1v) is 7.91. The fourth-order valence-electron chi connectivity index (χ4n) is 2.40. The third-order valence-electron chi connectivity index (χ3n) is 3.46. The van der Waals surface area contributed by atoms with Crippen LogP contribution in [0.5, 0.6) is 0 Å². The van der Waals surface area contributed by atoms with E-state index in [9.17, 15) is 8.78 Å². The maximum atomic E-state index is 13.6. The van der Waals surface area contributed by atoms with E-state index in [-0.39, 0.29) is 5.56 Å². The minimum Gasteiger partial charge on any atom is -0.231 e. The third kappa shape index (κ3) is 3.29. The molecule has 0 radical (unpaired) electrons. The first-order valence-electron chi connectivity index (χ1n) is 6.95. The topological polar surface area (TPSA) is 17.8 Å². The molecule has 1 aromatic heterocycles. The number of hydrogen-bond donors (Lipinski definition) is 0. The average Bonchev–Trinajstić information content (AvgIpc) is 2.89. The zero-order chi connectivity index (χ0) is 16.6. The van der Waals surface area contributed by atoms with Crippen molar-refractivity contribution in [1.82, 2.24) is 9.78 Å². The number of halogens is 3. The van der Waals surface area contributed by atoms with E-state index < -0.39 is 5.66 Å². The Bertz CT molecular complexity index is 856. The molecule has 0 saturated heterocycles. The van der Waals surface area contributed by atoms with Crippen molar-refractivity contribution in [2.45, 2.75) is 12.6 Å². The second kappa shape index (κ2) is 6.03.